The lowest BCUT2D eigenvalue weighted by Crippen LogP contribution is -2.37. The molecule has 1 aliphatic heterocycles. The molecule has 29 heavy (non-hydrogen) atoms. The van der Waals surface area contributed by atoms with Crippen LogP contribution in [0.1, 0.15) is 20.7 Å². The smallest absolute Gasteiger partial charge is 0.406 e. The number of nitro benzene ring substituents is 1. The Hall–Kier alpha value is -3.96. The lowest BCUT2D eigenvalue weighted by atomic mass is 10.1. The lowest BCUT2D eigenvalue weighted by Gasteiger charge is -2.14. The number of rotatable bonds is 5. The van der Waals surface area contributed by atoms with Crippen molar-refractivity contribution in [2.75, 3.05) is 11.9 Å². The summed E-state index contributed by atoms with van der Waals surface area (Å²) in [6.45, 7) is -0.784. The van der Waals surface area contributed by atoms with Crippen molar-refractivity contribution in [1.29, 1.82) is 0 Å². The summed E-state index contributed by atoms with van der Waals surface area (Å²) in [4.78, 5) is 47.7. The van der Waals surface area contributed by atoms with Gasteiger partial charge in [0, 0.05) is 17.8 Å². The summed E-state index contributed by atoms with van der Waals surface area (Å²) in [7, 11) is 0. The van der Waals surface area contributed by atoms with Gasteiger partial charge < -0.3 is 10.1 Å². The van der Waals surface area contributed by atoms with Crippen LogP contribution in [0.3, 0.4) is 0 Å². The molecule has 0 fully saturated rings. The molecule has 150 valence electrons. The number of carbonyl (C=O) groups excluding carboxylic acids is 3. The van der Waals surface area contributed by atoms with Crippen LogP contribution < -0.4 is 10.1 Å². The first-order valence-electron chi connectivity index (χ1n) is 7.86. The molecule has 0 aliphatic carbocycles. The number of benzene rings is 2. The summed E-state index contributed by atoms with van der Waals surface area (Å²) in [5.74, 6) is -3.38. The number of anilines is 1. The number of nitrogens with one attached hydrogen (secondary N) is 1. The van der Waals surface area contributed by atoms with E-state index < -0.39 is 52.6 Å². The van der Waals surface area contributed by atoms with Crippen LogP contribution in [0.15, 0.2) is 42.5 Å². The predicted octanol–water partition coefficient (Wildman–Crippen LogP) is 2.73. The lowest BCUT2D eigenvalue weighted by molar-refractivity contribution is -0.385. The van der Waals surface area contributed by atoms with Crippen LogP contribution >= 0.6 is 0 Å². The number of nitrogens with zero attached hydrogens (tertiary/aromatic N) is 2. The normalized spacial score (nSPS) is 13.3. The summed E-state index contributed by atoms with van der Waals surface area (Å²) in [5.41, 5.74) is -1.27. The maximum Gasteiger partial charge on any atom is 0.573 e. The summed E-state index contributed by atoms with van der Waals surface area (Å²) in [5, 5.41) is 13.3. The minimum atomic E-state index is -4.92. The van der Waals surface area contributed by atoms with Gasteiger partial charge in [0.25, 0.3) is 17.5 Å². The third-order valence-electron chi connectivity index (χ3n) is 3.83. The van der Waals surface area contributed by atoms with E-state index in [0.717, 1.165) is 18.2 Å². The van der Waals surface area contributed by atoms with Crippen molar-refractivity contribution in [1.82, 2.24) is 4.90 Å². The molecule has 9 nitrogen and oxygen atoms in total. The van der Waals surface area contributed by atoms with Crippen molar-refractivity contribution in [2.24, 2.45) is 0 Å². The molecule has 0 saturated carbocycles. The fourth-order valence-corrected chi connectivity index (χ4v) is 2.73. The molecule has 0 radical (unpaired) electrons. The fraction of sp³-hybridized carbons (Fsp3) is 0.118. The molecular formula is C17H10F3N3O6. The second kappa shape index (κ2) is 7.22. The topological polar surface area (TPSA) is 119 Å². The van der Waals surface area contributed by atoms with Gasteiger partial charge in [-0.05, 0) is 18.2 Å². The van der Waals surface area contributed by atoms with E-state index >= 15 is 0 Å². The maximum absolute atomic E-state index is 12.4. The number of hydrogen-bond acceptors (Lipinski definition) is 6. The monoisotopic (exact) mass is 409 g/mol. The highest BCUT2D eigenvalue weighted by molar-refractivity contribution is 6.24. The van der Waals surface area contributed by atoms with Crippen molar-refractivity contribution in [3.8, 4) is 5.75 Å². The fourth-order valence-electron chi connectivity index (χ4n) is 2.73. The van der Waals surface area contributed by atoms with Gasteiger partial charge in [-0.15, -0.1) is 13.2 Å². The van der Waals surface area contributed by atoms with Crippen molar-refractivity contribution in [3.05, 3.63) is 63.7 Å². The van der Waals surface area contributed by atoms with E-state index in [2.05, 4.69) is 10.1 Å². The van der Waals surface area contributed by atoms with Crippen LogP contribution in [0.4, 0.5) is 24.5 Å². The Balaban J connectivity index is 1.74. The zero-order chi connectivity index (χ0) is 21.3. The van der Waals surface area contributed by atoms with Crippen LogP contribution in [0.25, 0.3) is 0 Å². The molecule has 1 aliphatic rings. The number of nitro groups is 1. The number of ether oxygens (including phenoxy) is 1. The van der Waals surface area contributed by atoms with E-state index in [1.807, 2.05) is 0 Å². The predicted molar refractivity (Wildman–Crippen MR) is 90.2 cm³/mol. The third-order valence-corrected chi connectivity index (χ3v) is 3.83. The van der Waals surface area contributed by atoms with Crippen LogP contribution in [0.2, 0.25) is 0 Å². The minimum absolute atomic E-state index is 0.0701. The molecule has 1 N–H and O–H groups in total. The van der Waals surface area contributed by atoms with Gasteiger partial charge in [-0.1, -0.05) is 12.1 Å². The first-order chi connectivity index (χ1) is 13.6. The first kappa shape index (κ1) is 19.8. The molecule has 2 aromatic carbocycles. The minimum Gasteiger partial charge on any atom is -0.406 e. The van der Waals surface area contributed by atoms with Gasteiger partial charge in [0.15, 0.2) is 0 Å². The number of alkyl halides is 3. The Bertz CT molecular complexity index is 1040. The summed E-state index contributed by atoms with van der Waals surface area (Å²) in [6, 6.07) is 7.90. The largest absolute Gasteiger partial charge is 0.573 e. The SMILES string of the molecule is O=C(CN1C(=O)c2cccc([N+](=O)[O-])c2C1=O)Nc1cccc(OC(F)(F)F)c1. The molecule has 1 heterocycles. The number of hydrogen-bond donors (Lipinski definition) is 1. The van der Waals surface area contributed by atoms with Gasteiger partial charge in [-0.2, -0.15) is 0 Å². The molecular weight excluding hydrogens is 399 g/mol. The van der Waals surface area contributed by atoms with Crippen LogP contribution in [0.5, 0.6) is 5.75 Å². The molecule has 0 saturated heterocycles. The summed E-state index contributed by atoms with van der Waals surface area (Å²) >= 11 is 0. The highest BCUT2D eigenvalue weighted by Crippen LogP contribution is 2.30. The van der Waals surface area contributed by atoms with Crippen LogP contribution in [-0.2, 0) is 4.79 Å². The third kappa shape index (κ3) is 4.15. The molecule has 3 amide bonds. The quantitative estimate of drug-likeness (QED) is 0.461. The standard InChI is InChI=1S/C17H10F3N3O6/c18-17(19,20)29-10-4-1-3-9(7-10)21-13(24)8-22-15(25)11-5-2-6-12(23(27)28)14(11)16(22)26/h1-7H,8H2,(H,21,24). The Labute approximate surface area is 159 Å². The summed E-state index contributed by atoms with van der Waals surface area (Å²) in [6.07, 6.45) is -4.92. The molecule has 3 rings (SSSR count). The molecule has 0 atom stereocenters. The summed E-state index contributed by atoms with van der Waals surface area (Å²) < 4.78 is 40.6. The van der Waals surface area contributed by atoms with Crippen molar-refractivity contribution in [3.63, 3.8) is 0 Å². The van der Waals surface area contributed by atoms with E-state index in [4.69, 9.17) is 0 Å². The van der Waals surface area contributed by atoms with Gasteiger partial charge in [0.1, 0.15) is 17.9 Å². The van der Waals surface area contributed by atoms with Gasteiger partial charge in [-0.3, -0.25) is 29.4 Å². The Kier molecular flexibility index (Phi) is 4.93. The van der Waals surface area contributed by atoms with E-state index in [0.29, 0.717) is 4.90 Å². The molecule has 2 aromatic rings. The molecule has 0 bridgehead atoms. The van der Waals surface area contributed by atoms with E-state index in [9.17, 15) is 37.7 Å². The number of carbonyl (C=O) groups is 3. The van der Waals surface area contributed by atoms with Crippen molar-refractivity contribution in [2.45, 2.75) is 6.36 Å². The number of amides is 3. The molecule has 12 heteroatoms. The van der Waals surface area contributed by atoms with E-state index in [-0.39, 0.29) is 11.3 Å². The van der Waals surface area contributed by atoms with Gasteiger partial charge in [0.05, 0.1) is 10.5 Å². The van der Waals surface area contributed by atoms with Gasteiger partial charge in [0.2, 0.25) is 5.91 Å². The number of imide groups is 1. The van der Waals surface area contributed by atoms with Crippen molar-refractivity contribution >= 4 is 29.1 Å². The van der Waals surface area contributed by atoms with Gasteiger partial charge >= 0.3 is 6.36 Å². The number of halogens is 3. The highest BCUT2D eigenvalue weighted by Gasteiger charge is 2.41. The second-order valence-electron chi connectivity index (χ2n) is 5.78. The Morgan fingerprint density at radius 1 is 1.14 bits per heavy atom. The van der Waals surface area contributed by atoms with Crippen LogP contribution in [-0.4, -0.2) is 40.5 Å². The van der Waals surface area contributed by atoms with Gasteiger partial charge in [-0.25, -0.2) is 0 Å². The maximum atomic E-state index is 12.4. The van der Waals surface area contributed by atoms with E-state index in [1.165, 1.54) is 24.3 Å². The molecule has 0 spiro atoms. The first-order valence-corrected chi connectivity index (χ1v) is 7.86. The van der Waals surface area contributed by atoms with Crippen molar-refractivity contribution < 1.29 is 37.2 Å². The van der Waals surface area contributed by atoms with E-state index in [1.54, 1.807) is 0 Å². The average molecular weight is 409 g/mol. The highest BCUT2D eigenvalue weighted by atomic mass is 19.4. The molecule has 0 unspecified atom stereocenters. The Morgan fingerprint density at radius 2 is 1.83 bits per heavy atom. The van der Waals surface area contributed by atoms with Crippen LogP contribution in [0, 0.1) is 10.1 Å². The zero-order valence-corrected chi connectivity index (χ0v) is 14.2. The number of fused-ring (bicyclic) bond motifs is 1. The molecule has 0 aromatic heterocycles. The Morgan fingerprint density at radius 3 is 2.48 bits per heavy atom. The second-order valence-corrected chi connectivity index (χ2v) is 5.78. The average Bonchev–Trinajstić information content (AvgIpc) is 2.85. The zero-order valence-electron chi connectivity index (χ0n) is 14.2.